The molecule has 0 unspecified atom stereocenters. The van der Waals surface area contributed by atoms with Crippen molar-refractivity contribution in [1.29, 1.82) is 0 Å². The summed E-state index contributed by atoms with van der Waals surface area (Å²) in [6.45, 7) is -0.598. The van der Waals surface area contributed by atoms with Gasteiger partial charge in [-0.05, 0) is 35.9 Å². The predicted molar refractivity (Wildman–Crippen MR) is 112 cm³/mol. The molecule has 3 amide bonds. The van der Waals surface area contributed by atoms with E-state index < -0.39 is 41.9 Å². The van der Waals surface area contributed by atoms with Crippen LogP contribution in [0.15, 0.2) is 66.7 Å². The number of imide groups is 1. The average Bonchev–Trinajstić information content (AvgIpc) is 3.05. The van der Waals surface area contributed by atoms with Gasteiger partial charge in [0, 0.05) is 11.8 Å². The third kappa shape index (κ3) is 4.62. The number of halogens is 2. The summed E-state index contributed by atoms with van der Waals surface area (Å²) < 4.78 is 31.1. The number of nitrogens with one attached hydrogen (secondary N) is 1. The zero-order valence-corrected chi connectivity index (χ0v) is 17.0. The van der Waals surface area contributed by atoms with Gasteiger partial charge in [-0.1, -0.05) is 30.3 Å². The van der Waals surface area contributed by atoms with Crippen molar-refractivity contribution in [2.24, 2.45) is 0 Å². The Bertz CT molecular complexity index is 1280. The zero-order valence-electron chi connectivity index (χ0n) is 17.0. The number of carbonyl (C=O) groups is 4. The minimum atomic E-state index is -1.14. The Morgan fingerprint density at radius 2 is 1.58 bits per heavy atom. The highest BCUT2D eigenvalue weighted by Crippen LogP contribution is 2.26. The Morgan fingerprint density at radius 3 is 2.30 bits per heavy atom. The topological polar surface area (TPSA) is 92.8 Å². The quantitative estimate of drug-likeness (QED) is 0.458. The van der Waals surface area contributed by atoms with E-state index in [0.717, 1.165) is 28.7 Å². The molecule has 1 N–H and O–H groups in total. The molecule has 0 aliphatic carbocycles. The van der Waals surface area contributed by atoms with E-state index in [4.69, 9.17) is 4.74 Å². The molecule has 1 aliphatic heterocycles. The second-order valence-electron chi connectivity index (χ2n) is 7.20. The summed E-state index contributed by atoms with van der Waals surface area (Å²) in [5.41, 5.74) is 0.992. The van der Waals surface area contributed by atoms with E-state index in [0.29, 0.717) is 0 Å². The van der Waals surface area contributed by atoms with Crippen LogP contribution in [-0.4, -0.2) is 35.2 Å². The lowest BCUT2D eigenvalue weighted by Crippen LogP contribution is -2.29. The highest BCUT2D eigenvalue weighted by molar-refractivity contribution is 6.21. The van der Waals surface area contributed by atoms with Crippen molar-refractivity contribution in [3.05, 3.63) is 101 Å². The first kappa shape index (κ1) is 21.8. The van der Waals surface area contributed by atoms with Crippen molar-refractivity contribution >= 4 is 29.4 Å². The molecule has 0 saturated carbocycles. The molecule has 0 bridgehead atoms. The summed E-state index contributed by atoms with van der Waals surface area (Å²) in [5, 5.41) is 2.27. The first-order valence-electron chi connectivity index (χ1n) is 9.79. The average molecular weight is 450 g/mol. The van der Waals surface area contributed by atoms with Gasteiger partial charge in [0.05, 0.1) is 23.2 Å². The number of ether oxygens (including phenoxy) is 1. The molecule has 0 atom stereocenters. The van der Waals surface area contributed by atoms with Gasteiger partial charge in [0.15, 0.2) is 18.2 Å². The standard InChI is InChI=1S/C24H16F2N2O5/c25-19-9-7-16(11-20(19)26)27-21(29)13-33-24(32)15-6-8-17-18(10-15)23(31)28(22(17)30)12-14-4-2-1-3-5-14/h1-11H,12-13H2,(H,27,29). The van der Waals surface area contributed by atoms with Crippen LogP contribution in [0.2, 0.25) is 0 Å². The van der Waals surface area contributed by atoms with Crippen LogP contribution >= 0.6 is 0 Å². The number of hydrogen-bond donors (Lipinski definition) is 1. The normalized spacial score (nSPS) is 12.5. The van der Waals surface area contributed by atoms with Crippen LogP contribution in [-0.2, 0) is 16.1 Å². The number of fused-ring (bicyclic) bond motifs is 1. The number of rotatable bonds is 6. The van der Waals surface area contributed by atoms with E-state index in [1.54, 1.807) is 24.3 Å². The molecule has 0 aromatic heterocycles. The van der Waals surface area contributed by atoms with Gasteiger partial charge in [-0.2, -0.15) is 0 Å². The number of anilines is 1. The van der Waals surface area contributed by atoms with E-state index in [2.05, 4.69) is 5.32 Å². The molecule has 0 fully saturated rings. The summed E-state index contributed by atoms with van der Waals surface area (Å²) in [5.74, 6) is -4.86. The van der Waals surface area contributed by atoms with Crippen molar-refractivity contribution in [3.63, 3.8) is 0 Å². The lowest BCUT2D eigenvalue weighted by atomic mass is 10.1. The van der Waals surface area contributed by atoms with Crippen molar-refractivity contribution in [1.82, 2.24) is 4.90 Å². The molecule has 0 spiro atoms. The van der Waals surface area contributed by atoms with Gasteiger partial charge >= 0.3 is 5.97 Å². The maximum absolute atomic E-state index is 13.2. The Morgan fingerprint density at radius 1 is 0.848 bits per heavy atom. The van der Waals surface area contributed by atoms with Gasteiger partial charge in [0.2, 0.25) is 0 Å². The van der Waals surface area contributed by atoms with E-state index >= 15 is 0 Å². The summed E-state index contributed by atoms with van der Waals surface area (Å²) >= 11 is 0. The molecule has 0 radical (unpaired) electrons. The first-order chi connectivity index (χ1) is 15.8. The maximum Gasteiger partial charge on any atom is 0.338 e. The summed E-state index contributed by atoms with van der Waals surface area (Å²) in [6.07, 6.45) is 0. The number of esters is 1. The van der Waals surface area contributed by atoms with Crippen LogP contribution in [0, 0.1) is 11.6 Å². The summed E-state index contributed by atoms with van der Waals surface area (Å²) in [4.78, 5) is 50.7. The summed E-state index contributed by atoms with van der Waals surface area (Å²) in [6, 6.07) is 15.7. The maximum atomic E-state index is 13.2. The molecule has 166 valence electrons. The van der Waals surface area contributed by atoms with Gasteiger partial charge < -0.3 is 10.1 Å². The van der Waals surface area contributed by atoms with Crippen LogP contribution in [0.1, 0.15) is 36.6 Å². The predicted octanol–water partition coefficient (Wildman–Crippen LogP) is 3.56. The molecular formula is C24H16F2N2O5. The minimum Gasteiger partial charge on any atom is -0.452 e. The number of amides is 3. The van der Waals surface area contributed by atoms with Gasteiger partial charge in [0.1, 0.15) is 0 Å². The van der Waals surface area contributed by atoms with Gasteiger partial charge in [-0.25, -0.2) is 13.6 Å². The molecule has 4 rings (SSSR count). The molecule has 3 aromatic carbocycles. The fraction of sp³-hybridized carbons (Fsp3) is 0.0833. The number of benzene rings is 3. The molecule has 0 saturated heterocycles. The van der Waals surface area contributed by atoms with Crippen molar-refractivity contribution in [2.75, 3.05) is 11.9 Å². The Labute approximate surface area is 186 Å². The lowest BCUT2D eigenvalue weighted by molar-refractivity contribution is -0.119. The number of nitrogens with zero attached hydrogens (tertiary/aromatic N) is 1. The van der Waals surface area contributed by atoms with Crippen molar-refractivity contribution < 1.29 is 32.7 Å². The highest BCUT2D eigenvalue weighted by atomic mass is 19.2. The molecule has 3 aromatic rings. The highest BCUT2D eigenvalue weighted by Gasteiger charge is 2.36. The van der Waals surface area contributed by atoms with E-state index in [1.165, 1.54) is 18.2 Å². The third-order valence-electron chi connectivity index (χ3n) is 4.93. The first-order valence-corrected chi connectivity index (χ1v) is 9.79. The Hall–Kier alpha value is -4.40. The Kier molecular flexibility index (Phi) is 5.95. The smallest absolute Gasteiger partial charge is 0.338 e. The van der Waals surface area contributed by atoms with Gasteiger partial charge in [-0.15, -0.1) is 0 Å². The molecule has 33 heavy (non-hydrogen) atoms. The zero-order chi connectivity index (χ0) is 23.5. The van der Waals surface area contributed by atoms with Crippen molar-refractivity contribution in [3.8, 4) is 0 Å². The molecule has 1 aliphatic rings. The second-order valence-corrected chi connectivity index (χ2v) is 7.20. The van der Waals surface area contributed by atoms with Gasteiger partial charge in [-0.3, -0.25) is 19.3 Å². The van der Waals surface area contributed by atoms with Crippen LogP contribution in [0.5, 0.6) is 0 Å². The van der Waals surface area contributed by atoms with Crippen molar-refractivity contribution in [2.45, 2.75) is 6.54 Å². The molecule has 1 heterocycles. The fourth-order valence-corrected chi connectivity index (χ4v) is 3.31. The second kappa shape index (κ2) is 8.99. The van der Waals surface area contributed by atoms with Crippen LogP contribution in [0.25, 0.3) is 0 Å². The third-order valence-corrected chi connectivity index (χ3v) is 4.93. The molecular weight excluding hydrogens is 434 g/mol. The van der Waals surface area contributed by atoms with E-state index in [1.807, 2.05) is 6.07 Å². The fourth-order valence-electron chi connectivity index (χ4n) is 3.31. The SMILES string of the molecule is O=C(COC(=O)c1ccc2c(c1)C(=O)N(Cc1ccccc1)C2=O)Nc1ccc(F)c(F)c1. The minimum absolute atomic E-state index is 0.00454. The van der Waals surface area contributed by atoms with Crippen LogP contribution in [0.3, 0.4) is 0 Å². The lowest BCUT2D eigenvalue weighted by Gasteiger charge is -2.13. The number of hydrogen-bond acceptors (Lipinski definition) is 5. The largest absolute Gasteiger partial charge is 0.452 e. The Balaban J connectivity index is 1.40. The van der Waals surface area contributed by atoms with Crippen LogP contribution in [0.4, 0.5) is 14.5 Å². The van der Waals surface area contributed by atoms with Gasteiger partial charge in [0.25, 0.3) is 17.7 Å². The monoisotopic (exact) mass is 450 g/mol. The molecule has 7 nitrogen and oxygen atoms in total. The van der Waals surface area contributed by atoms with Crippen LogP contribution < -0.4 is 5.32 Å². The number of carbonyl (C=O) groups excluding carboxylic acids is 4. The van der Waals surface area contributed by atoms with E-state index in [9.17, 15) is 28.0 Å². The summed E-state index contributed by atoms with van der Waals surface area (Å²) in [7, 11) is 0. The van der Waals surface area contributed by atoms with E-state index in [-0.39, 0.29) is 28.9 Å². The molecule has 9 heteroatoms.